The summed E-state index contributed by atoms with van der Waals surface area (Å²) in [6, 6.07) is 2.13. The summed E-state index contributed by atoms with van der Waals surface area (Å²) in [5, 5.41) is 5.25. The lowest BCUT2D eigenvalue weighted by Gasteiger charge is -2.33. The molecule has 0 heterocycles. The van der Waals surface area contributed by atoms with Crippen molar-refractivity contribution in [3.63, 3.8) is 0 Å². The van der Waals surface area contributed by atoms with Crippen LogP contribution in [0.5, 0.6) is 0 Å². The second kappa shape index (κ2) is 6.41. The fourth-order valence-corrected chi connectivity index (χ4v) is 2.92. The van der Waals surface area contributed by atoms with E-state index in [-0.39, 0.29) is 16.7 Å². The summed E-state index contributed by atoms with van der Waals surface area (Å²) in [5.74, 6) is -1.94. The Morgan fingerprint density at radius 1 is 1.19 bits per heavy atom. The number of hydrogen-bond acceptors (Lipinski definition) is 2. The number of anilines is 1. The van der Waals surface area contributed by atoms with Crippen molar-refractivity contribution >= 4 is 11.6 Å². The molecule has 116 valence electrons. The number of nitrogens with one attached hydrogen (secondary N) is 2. The first-order valence-electron chi connectivity index (χ1n) is 7.40. The molecule has 1 amide bonds. The molecule has 1 aromatic carbocycles. The van der Waals surface area contributed by atoms with Crippen LogP contribution in [0.4, 0.5) is 14.5 Å². The van der Waals surface area contributed by atoms with Crippen LogP contribution in [-0.4, -0.2) is 19.5 Å². The summed E-state index contributed by atoms with van der Waals surface area (Å²) in [6.07, 6.45) is 5.74. The highest BCUT2D eigenvalue weighted by Gasteiger charge is 2.27. The molecular formula is C16H22F2N2O. The molecule has 0 radical (unpaired) electrons. The molecule has 1 aromatic rings. The number of halogens is 2. The van der Waals surface area contributed by atoms with Crippen LogP contribution >= 0.6 is 0 Å². The van der Waals surface area contributed by atoms with Gasteiger partial charge < -0.3 is 10.6 Å². The van der Waals surface area contributed by atoms with Crippen LogP contribution in [-0.2, 0) is 0 Å². The standard InChI is InChI=1S/C16H22F2N2O/c1-16(6-4-3-5-7-16)10-20-15(21)11-8-12(17)14(19-2)13(18)9-11/h8-9,19H,3-7,10H2,1-2H3,(H,20,21). The number of benzene rings is 1. The molecule has 0 aliphatic heterocycles. The molecule has 5 heteroatoms. The normalized spacial score (nSPS) is 17.3. The average Bonchev–Trinajstić information content (AvgIpc) is 2.45. The number of carbonyl (C=O) groups excluding carboxylic acids is 1. The Balaban J connectivity index is 2.03. The molecule has 0 saturated heterocycles. The van der Waals surface area contributed by atoms with Crippen LogP contribution < -0.4 is 10.6 Å². The van der Waals surface area contributed by atoms with Gasteiger partial charge in [0.05, 0.1) is 0 Å². The first-order chi connectivity index (χ1) is 9.95. The van der Waals surface area contributed by atoms with Gasteiger partial charge in [0.25, 0.3) is 5.91 Å². The van der Waals surface area contributed by atoms with Crippen LogP contribution in [0.1, 0.15) is 49.4 Å². The van der Waals surface area contributed by atoms with Gasteiger partial charge in [0.1, 0.15) is 17.3 Å². The van der Waals surface area contributed by atoms with Crippen molar-refractivity contribution < 1.29 is 13.6 Å². The number of rotatable bonds is 4. The van der Waals surface area contributed by atoms with E-state index in [9.17, 15) is 13.6 Å². The molecule has 2 N–H and O–H groups in total. The van der Waals surface area contributed by atoms with Crippen molar-refractivity contribution in [1.82, 2.24) is 5.32 Å². The Morgan fingerprint density at radius 2 is 1.76 bits per heavy atom. The molecule has 0 bridgehead atoms. The van der Waals surface area contributed by atoms with E-state index in [1.54, 1.807) is 0 Å². The molecule has 21 heavy (non-hydrogen) atoms. The predicted molar refractivity (Wildman–Crippen MR) is 79.4 cm³/mol. The highest BCUT2D eigenvalue weighted by molar-refractivity contribution is 5.94. The van der Waals surface area contributed by atoms with Crippen LogP contribution in [0.2, 0.25) is 0 Å². The summed E-state index contributed by atoms with van der Waals surface area (Å²) < 4.78 is 27.3. The monoisotopic (exact) mass is 296 g/mol. The Labute approximate surface area is 124 Å². The van der Waals surface area contributed by atoms with Crippen LogP contribution in [0, 0.1) is 17.0 Å². The maximum Gasteiger partial charge on any atom is 0.251 e. The van der Waals surface area contributed by atoms with Gasteiger partial charge in [-0.2, -0.15) is 0 Å². The highest BCUT2D eigenvalue weighted by atomic mass is 19.1. The van der Waals surface area contributed by atoms with Gasteiger partial charge in [-0.1, -0.05) is 26.2 Å². The minimum absolute atomic E-state index is 0.0170. The summed E-state index contributed by atoms with van der Waals surface area (Å²) in [5.41, 5.74) is -0.107. The molecule has 2 rings (SSSR count). The SMILES string of the molecule is CNc1c(F)cc(C(=O)NCC2(C)CCCCC2)cc1F. The van der Waals surface area contributed by atoms with E-state index in [2.05, 4.69) is 17.6 Å². The Bertz CT molecular complexity index is 502. The van der Waals surface area contributed by atoms with Gasteiger partial charge in [0.15, 0.2) is 0 Å². The van der Waals surface area contributed by atoms with E-state index in [0.29, 0.717) is 6.54 Å². The third kappa shape index (κ3) is 3.71. The third-order valence-corrected chi connectivity index (χ3v) is 4.29. The maximum atomic E-state index is 13.7. The maximum absolute atomic E-state index is 13.7. The first kappa shape index (κ1) is 15.7. The quantitative estimate of drug-likeness (QED) is 0.889. The van der Waals surface area contributed by atoms with Gasteiger partial charge in [-0.15, -0.1) is 0 Å². The molecule has 0 atom stereocenters. The topological polar surface area (TPSA) is 41.1 Å². The van der Waals surface area contributed by atoms with Crippen molar-refractivity contribution in [2.45, 2.75) is 39.0 Å². The fraction of sp³-hybridized carbons (Fsp3) is 0.562. The minimum Gasteiger partial charge on any atom is -0.383 e. The van der Waals surface area contributed by atoms with Crippen molar-refractivity contribution in [1.29, 1.82) is 0 Å². The van der Waals surface area contributed by atoms with E-state index < -0.39 is 17.5 Å². The van der Waals surface area contributed by atoms with Gasteiger partial charge in [-0.25, -0.2) is 8.78 Å². The zero-order valence-electron chi connectivity index (χ0n) is 12.6. The lowest BCUT2D eigenvalue weighted by atomic mass is 9.76. The predicted octanol–water partition coefficient (Wildman–Crippen LogP) is 3.71. The third-order valence-electron chi connectivity index (χ3n) is 4.29. The van der Waals surface area contributed by atoms with Crippen LogP contribution in [0.3, 0.4) is 0 Å². The van der Waals surface area contributed by atoms with Gasteiger partial charge >= 0.3 is 0 Å². The second-order valence-electron chi connectivity index (χ2n) is 6.12. The van der Waals surface area contributed by atoms with Gasteiger partial charge in [0, 0.05) is 19.2 Å². The number of carbonyl (C=O) groups is 1. The van der Waals surface area contributed by atoms with Gasteiger partial charge in [-0.05, 0) is 30.4 Å². The minimum atomic E-state index is -0.758. The largest absolute Gasteiger partial charge is 0.383 e. The molecule has 0 spiro atoms. The summed E-state index contributed by atoms with van der Waals surface area (Å²) in [6.45, 7) is 2.69. The van der Waals surface area contributed by atoms with E-state index in [4.69, 9.17) is 0 Å². The molecule has 1 aliphatic rings. The lowest BCUT2D eigenvalue weighted by molar-refractivity contribution is 0.0918. The Morgan fingerprint density at radius 3 is 2.29 bits per heavy atom. The van der Waals surface area contributed by atoms with E-state index >= 15 is 0 Å². The second-order valence-corrected chi connectivity index (χ2v) is 6.12. The molecule has 1 saturated carbocycles. The summed E-state index contributed by atoms with van der Waals surface area (Å²) in [4.78, 5) is 12.1. The summed E-state index contributed by atoms with van der Waals surface area (Å²) >= 11 is 0. The zero-order chi connectivity index (χ0) is 15.5. The van der Waals surface area contributed by atoms with Crippen molar-refractivity contribution in [2.75, 3.05) is 18.9 Å². The van der Waals surface area contributed by atoms with Crippen molar-refractivity contribution in [3.05, 3.63) is 29.3 Å². The molecule has 3 nitrogen and oxygen atoms in total. The van der Waals surface area contributed by atoms with E-state index in [0.717, 1.165) is 25.0 Å². The zero-order valence-corrected chi connectivity index (χ0v) is 12.6. The Hall–Kier alpha value is -1.65. The molecule has 0 aromatic heterocycles. The summed E-state index contributed by atoms with van der Waals surface area (Å²) in [7, 11) is 1.44. The van der Waals surface area contributed by atoms with Gasteiger partial charge in [-0.3, -0.25) is 4.79 Å². The number of hydrogen-bond donors (Lipinski definition) is 2. The van der Waals surface area contributed by atoms with E-state index in [1.165, 1.54) is 26.3 Å². The molecule has 1 aliphatic carbocycles. The Kier molecular flexibility index (Phi) is 4.80. The average molecular weight is 296 g/mol. The van der Waals surface area contributed by atoms with Crippen LogP contribution in [0.25, 0.3) is 0 Å². The fourth-order valence-electron chi connectivity index (χ4n) is 2.92. The lowest BCUT2D eigenvalue weighted by Crippen LogP contribution is -2.37. The highest BCUT2D eigenvalue weighted by Crippen LogP contribution is 2.35. The van der Waals surface area contributed by atoms with Crippen LogP contribution in [0.15, 0.2) is 12.1 Å². The number of amides is 1. The molecular weight excluding hydrogens is 274 g/mol. The van der Waals surface area contributed by atoms with Crippen molar-refractivity contribution in [3.8, 4) is 0 Å². The molecule has 1 fully saturated rings. The first-order valence-corrected chi connectivity index (χ1v) is 7.40. The van der Waals surface area contributed by atoms with Gasteiger partial charge in [0.2, 0.25) is 0 Å². The smallest absolute Gasteiger partial charge is 0.251 e. The van der Waals surface area contributed by atoms with E-state index in [1.807, 2.05) is 0 Å². The van der Waals surface area contributed by atoms with Crippen molar-refractivity contribution in [2.24, 2.45) is 5.41 Å². The molecule has 0 unspecified atom stereocenters.